The van der Waals surface area contributed by atoms with Crippen LogP contribution in [0.4, 0.5) is 11.4 Å². The molecule has 0 spiro atoms. The van der Waals surface area contributed by atoms with E-state index in [0.29, 0.717) is 11.4 Å². The van der Waals surface area contributed by atoms with Crippen LogP contribution in [-0.2, 0) is 6.54 Å². The number of anilines is 2. The number of hydrogen-bond donors (Lipinski definition) is 1. The van der Waals surface area contributed by atoms with Crippen LogP contribution in [0.5, 0.6) is 0 Å². The normalized spacial score (nSPS) is 10.9. The van der Waals surface area contributed by atoms with E-state index in [0.717, 1.165) is 23.1 Å². The lowest BCUT2D eigenvalue weighted by Gasteiger charge is -2.29. The fraction of sp³-hybridized carbons (Fsp3) is 0.160. The van der Waals surface area contributed by atoms with Gasteiger partial charge in [-0.2, -0.15) is 0 Å². The van der Waals surface area contributed by atoms with Crippen LogP contribution in [0.3, 0.4) is 0 Å². The molecule has 1 amide bonds. The smallest absolute Gasteiger partial charge is 0.274 e. The monoisotopic (exact) mass is 396 g/mol. The van der Waals surface area contributed by atoms with Crippen molar-refractivity contribution in [2.75, 3.05) is 10.2 Å². The summed E-state index contributed by atoms with van der Waals surface area (Å²) in [7, 11) is 0. The van der Waals surface area contributed by atoms with Crippen LogP contribution < -0.4 is 10.2 Å². The maximum atomic E-state index is 12.9. The zero-order chi connectivity index (χ0) is 20.9. The molecule has 0 fully saturated rings. The van der Waals surface area contributed by atoms with Crippen molar-refractivity contribution in [3.8, 4) is 0 Å². The number of carbonyl (C=O) groups is 1. The van der Waals surface area contributed by atoms with Gasteiger partial charge >= 0.3 is 0 Å². The minimum Gasteiger partial charge on any atom is -0.365 e. The van der Waals surface area contributed by atoms with Crippen LogP contribution in [0.1, 0.15) is 29.9 Å². The average molecular weight is 396 g/mol. The first-order valence-electron chi connectivity index (χ1n) is 10.0. The lowest BCUT2D eigenvalue weighted by molar-refractivity contribution is 0.102. The summed E-state index contributed by atoms with van der Waals surface area (Å²) in [5, 5.41) is 3.94. The van der Waals surface area contributed by atoms with Gasteiger partial charge in [0.15, 0.2) is 0 Å². The number of benzene rings is 2. The molecule has 5 nitrogen and oxygen atoms in total. The molecule has 2 aromatic heterocycles. The van der Waals surface area contributed by atoms with Gasteiger partial charge in [-0.05, 0) is 43.7 Å². The maximum absolute atomic E-state index is 12.9. The van der Waals surface area contributed by atoms with Gasteiger partial charge in [0.2, 0.25) is 0 Å². The molecule has 0 aliphatic carbocycles. The standard InChI is InChI=1S/C25H24N4O/c1-18(2)29(17-19-8-4-3-5-9-19)21-13-15-26-23(16-21)25(30)28-22-12-6-10-20-11-7-14-27-24(20)22/h3-16,18H,17H2,1-2H3,(H,28,30). The summed E-state index contributed by atoms with van der Waals surface area (Å²) >= 11 is 0. The molecule has 0 aliphatic rings. The highest BCUT2D eigenvalue weighted by molar-refractivity contribution is 6.07. The van der Waals surface area contributed by atoms with Crippen molar-refractivity contribution in [1.29, 1.82) is 0 Å². The van der Waals surface area contributed by atoms with Gasteiger partial charge in [0.25, 0.3) is 5.91 Å². The Morgan fingerprint density at radius 3 is 2.53 bits per heavy atom. The lowest BCUT2D eigenvalue weighted by atomic mass is 10.1. The molecule has 0 aliphatic heterocycles. The molecule has 4 rings (SSSR count). The fourth-order valence-corrected chi connectivity index (χ4v) is 3.47. The summed E-state index contributed by atoms with van der Waals surface area (Å²) in [5.74, 6) is -0.251. The van der Waals surface area contributed by atoms with Crippen LogP contribution in [0.25, 0.3) is 10.9 Å². The van der Waals surface area contributed by atoms with Gasteiger partial charge in [0, 0.05) is 36.1 Å². The van der Waals surface area contributed by atoms with Gasteiger partial charge in [-0.3, -0.25) is 14.8 Å². The SMILES string of the molecule is CC(C)N(Cc1ccccc1)c1ccnc(C(=O)Nc2cccc3cccnc23)c1. The first-order chi connectivity index (χ1) is 14.6. The van der Waals surface area contributed by atoms with E-state index in [4.69, 9.17) is 0 Å². The van der Waals surface area contributed by atoms with Crippen molar-refractivity contribution >= 4 is 28.2 Å². The van der Waals surface area contributed by atoms with Crippen LogP contribution >= 0.6 is 0 Å². The van der Waals surface area contributed by atoms with Crippen molar-refractivity contribution in [3.05, 3.63) is 96.4 Å². The third kappa shape index (κ3) is 4.30. The van der Waals surface area contributed by atoms with Crippen LogP contribution in [0.15, 0.2) is 85.2 Å². The van der Waals surface area contributed by atoms with E-state index in [1.807, 2.05) is 60.7 Å². The molecule has 4 aromatic rings. The number of aromatic nitrogens is 2. The zero-order valence-corrected chi connectivity index (χ0v) is 17.1. The van der Waals surface area contributed by atoms with E-state index in [9.17, 15) is 4.79 Å². The maximum Gasteiger partial charge on any atom is 0.274 e. The molecule has 0 unspecified atom stereocenters. The molecule has 2 heterocycles. The Labute approximate surface area is 176 Å². The van der Waals surface area contributed by atoms with E-state index < -0.39 is 0 Å². The Morgan fingerprint density at radius 2 is 1.73 bits per heavy atom. The minimum absolute atomic E-state index is 0.251. The lowest BCUT2D eigenvalue weighted by Crippen LogP contribution is -2.30. The van der Waals surface area contributed by atoms with E-state index >= 15 is 0 Å². The number of hydrogen-bond acceptors (Lipinski definition) is 4. The molecule has 30 heavy (non-hydrogen) atoms. The predicted molar refractivity (Wildman–Crippen MR) is 122 cm³/mol. The Kier molecular flexibility index (Phi) is 5.70. The van der Waals surface area contributed by atoms with Crippen LogP contribution in [0, 0.1) is 0 Å². The number of para-hydroxylation sites is 1. The van der Waals surface area contributed by atoms with Gasteiger partial charge in [-0.1, -0.05) is 48.5 Å². The predicted octanol–water partition coefficient (Wildman–Crippen LogP) is 5.30. The summed E-state index contributed by atoms with van der Waals surface area (Å²) in [5.41, 5.74) is 3.99. The van der Waals surface area contributed by atoms with Crippen molar-refractivity contribution in [2.45, 2.75) is 26.4 Å². The Hall–Kier alpha value is -3.73. The summed E-state index contributed by atoms with van der Waals surface area (Å²) in [4.78, 5) is 23.9. The molecule has 150 valence electrons. The molecule has 2 aromatic carbocycles. The molecule has 1 N–H and O–H groups in total. The van der Waals surface area contributed by atoms with E-state index in [2.05, 4.69) is 46.2 Å². The molecular weight excluding hydrogens is 372 g/mol. The summed E-state index contributed by atoms with van der Waals surface area (Å²) in [6.07, 6.45) is 3.41. The molecule has 5 heteroatoms. The summed E-state index contributed by atoms with van der Waals surface area (Å²) in [6.45, 7) is 5.05. The second-order valence-corrected chi connectivity index (χ2v) is 7.44. The van der Waals surface area contributed by atoms with E-state index in [1.54, 1.807) is 12.4 Å². The highest BCUT2D eigenvalue weighted by Crippen LogP contribution is 2.23. The number of pyridine rings is 2. The number of nitrogens with one attached hydrogen (secondary N) is 1. The van der Waals surface area contributed by atoms with Crippen molar-refractivity contribution in [2.24, 2.45) is 0 Å². The minimum atomic E-state index is -0.251. The highest BCUT2D eigenvalue weighted by atomic mass is 16.1. The third-order valence-corrected chi connectivity index (χ3v) is 5.01. The van der Waals surface area contributed by atoms with Crippen molar-refractivity contribution < 1.29 is 4.79 Å². The fourth-order valence-electron chi connectivity index (χ4n) is 3.47. The highest BCUT2D eigenvalue weighted by Gasteiger charge is 2.16. The second kappa shape index (κ2) is 8.74. The first kappa shape index (κ1) is 19.6. The Balaban J connectivity index is 1.59. The first-order valence-corrected chi connectivity index (χ1v) is 10.0. The van der Waals surface area contributed by atoms with Gasteiger partial charge in [-0.25, -0.2) is 0 Å². The topological polar surface area (TPSA) is 58.1 Å². The summed E-state index contributed by atoms with van der Waals surface area (Å²) < 4.78 is 0. The number of rotatable bonds is 6. The zero-order valence-electron chi connectivity index (χ0n) is 17.1. The van der Waals surface area contributed by atoms with Gasteiger partial charge < -0.3 is 10.2 Å². The van der Waals surface area contributed by atoms with Gasteiger partial charge in [0.05, 0.1) is 11.2 Å². The number of carbonyl (C=O) groups excluding carboxylic acids is 1. The summed E-state index contributed by atoms with van der Waals surface area (Å²) in [6, 6.07) is 24.0. The van der Waals surface area contributed by atoms with Crippen LogP contribution in [0.2, 0.25) is 0 Å². The Bertz CT molecular complexity index is 1150. The van der Waals surface area contributed by atoms with Gasteiger partial charge in [0.1, 0.15) is 5.69 Å². The molecule has 0 atom stereocenters. The number of nitrogens with zero attached hydrogens (tertiary/aromatic N) is 3. The van der Waals surface area contributed by atoms with E-state index in [1.165, 1.54) is 5.56 Å². The molecule has 0 radical (unpaired) electrons. The van der Waals surface area contributed by atoms with Crippen molar-refractivity contribution in [3.63, 3.8) is 0 Å². The van der Waals surface area contributed by atoms with Crippen LogP contribution in [-0.4, -0.2) is 21.9 Å². The molecule has 0 bridgehead atoms. The molecule has 0 saturated carbocycles. The molecular formula is C25H24N4O. The molecule has 0 saturated heterocycles. The second-order valence-electron chi connectivity index (χ2n) is 7.44. The largest absolute Gasteiger partial charge is 0.365 e. The third-order valence-electron chi connectivity index (χ3n) is 5.01. The average Bonchev–Trinajstić information content (AvgIpc) is 2.78. The number of fused-ring (bicyclic) bond motifs is 1. The van der Waals surface area contributed by atoms with E-state index in [-0.39, 0.29) is 11.9 Å². The quantitative estimate of drug-likeness (QED) is 0.481. The Morgan fingerprint density at radius 1 is 0.933 bits per heavy atom. The van der Waals surface area contributed by atoms with Gasteiger partial charge in [-0.15, -0.1) is 0 Å². The van der Waals surface area contributed by atoms with Crippen molar-refractivity contribution in [1.82, 2.24) is 9.97 Å². The number of amides is 1.